The molecule has 3 rings (SSSR count). The molecule has 2 saturated heterocycles. The normalized spacial score (nSPS) is 25.3. The van der Waals surface area contributed by atoms with Gasteiger partial charge in [-0.05, 0) is 64.0 Å². The average Bonchev–Trinajstić information content (AvgIpc) is 3.15. The Morgan fingerprint density at radius 1 is 0.913 bits per heavy atom. The van der Waals surface area contributed by atoms with Gasteiger partial charge in [0.2, 0.25) is 11.8 Å². The van der Waals surface area contributed by atoms with E-state index in [1.807, 2.05) is 4.90 Å². The number of amides is 2. The van der Waals surface area contributed by atoms with Crippen molar-refractivity contribution in [2.24, 2.45) is 11.8 Å². The smallest absolute Gasteiger partial charge is 0.245 e. The number of nitrogens with zero attached hydrogens (tertiary/aromatic N) is 1. The fourth-order valence-corrected chi connectivity index (χ4v) is 4.33. The fraction of sp³-hybridized carbons (Fsp3) is 0.889. The third-order valence-corrected chi connectivity index (χ3v) is 5.81. The molecule has 0 spiro atoms. The minimum atomic E-state index is -0.303. The Balaban J connectivity index is 1.66. The van der Waals surface area contributed by atoms with Crippen LogP contribution in [0.4, 0.5) is 0 Å². The molecule has 3 fully saturated rings. The van der Waals surface area contributed by atoms with Crippen molar-refractivity contribution in [1.82, 2.24) is 15.5 Å². The van der Waals surface area contributed by atoms with E-state index in [9.17, 15) is 9.59 Å². The van der Waals surface area contributed by atoms with Crippen LogP contribution in [0.3, 0.4) is 0 Å². The molecule has 2 heterocycles. The van der Waals surface area contributed by atoms with Crippen LogP contribution in [0.1, 0.15) is 57.8 Å². The van der Waals surface area contributed by atoms with Gasteiger partial charge in [0.25, 0.3) is 0 Å². The summed E-state index contributed by atoms with van der Waals surface area (Å²) in [4.78, 5) is 27.6. The van der Waals surface area contributed by atoms with E-state index in [-0.39, 0.29) is 29.7 Å². The first-order chi connectivity index (χ1) is 11.3. The maximum absolute atomic E-state index is 13.0. The molecule has 130 valence electrons. The van der Waals surface area contributed by atoms with Crippen LogP contribution >= 0.6 is 0 Å². The zero-order valence-electron chi connectivity index (χ0n) is 14.2. The summed E-state index contributed by atoms with van der Waals surface area (Å²) in [6.45, 7) is 3.63. The quantitative estimate of drug-likeness (QED) is 0.828. The minimum Gasteiger partial charge on any atom is -0.344 e. The van der Waals surface area contributed by atoms with Gasteiger partial charge in [0.05, 0.1) is 0 Å². The topological polar surface area (TPSA) is 61.4 Å². The van der Waals surface area contributed by atoms with Gasteiger partial charge in [0.15, 0.2) is 0 Å². The zero-order chi connectivity index (χ0) is 16.1. The number of hydrogen-bond donors (Lipinski definition) is 2. The van der Waals surface area contributed by atoms with Crippen molar-refractivity contribution in [2.45, 2.75) is 63.8 Å². The van der Waals surface area contributed by atoms with Crippen LogP contribution in [-0.4, -0.2) is 48.9 Å². The second-order valence-electron chi connectivity index (χ2n) is 7.44. The molecule has 0 aromatic heterocycles. The lowest BCUT2D eigenvalue weighted by Gasteiger charge is -2.36. The van der Waals surface area contributed by atoms with E-state index in [1.165, 1.54) is 6.42 Å². The van der Waals surface area contributed by atoms with Gasteiger partial charge in [0.1, 0.15) is 6.04 Å². The van der Waals surface area contributed by atoms with Gasteiger partial charge < -0.3 is 15.5 Å². The summed E-state index contributed by atoms with van der Waals surface area (Å²) >= 11 is 0. The molecule has 2 amide bonds. The van der Waals surface area contributed by atoms with Crippen molar-refractivity contribution in [1.29, 1.82) is 0 Å². The summed E-state index contributed by atoms with van der Waals surface area (Å²) < 4.78 is 0. The molecule has 2 N–H and O–H groups in total. The van der Waals surface area contributed by atoms with Crippen molar-refractivity contribution in [2.75, 3.05) is 26.2 Å². The summed E-state index contributed by atoms with van der Waals surface area (Å²) in [6, 6.07) is -0.303. The van der Waals surface area contributed by atoms with Crippen LogP contribution in [0.15, 0.2) is 0 Å². The van der Waals surface area contributed by atoms with Crippen molar-refractivity contribution < 1.29 is 9.59 Å². The molecule has 0 aromatic carbocycles. The largest absolute Gasteiger partial charge is 0.344 e. The highest BCUT2D eigenvalue weighted by Gasteiger charge is 2.35. The molecule has 0 bridgehead atoms. The molecule has 3 aliphatic rings. The highest BCUT2D eigenvalue weighted by Crippen LogP contribution is 2.26. The maximum atomic E-state index is 13.0. The Morgan fingerprint density at radius 3 is 2.22 bits per heavy atom. The Hall–Kier alpha value is -1.10. The molecule has 0 aromatic rings. The summed E-state index contributed by atoms with van der Waals surface area (Å²) in [5.74, 6) is 0.712. The summed E-state index contributed by atoms with van der Waals surface area (Å²) in [5.41, 5.74) is 0. The highest BCUT2D eigenvalue weighted by molar-refractivity contribution is 5.89. The summed E-state index contributed by atoms with van der Waals surface area (Å²) in [5, 5.41) is 6.53. The van der Waals surface area contributed by atoms with Gasteiger partial charge in [-0.15, -0.1) is 0 Å². The molecule has 5 nitrogen and oxygen atoms in total. The third-order valence-electron chi connectivity index (χ3n) is 5.81. The van der Waals surface area contributed by atoms with E-state index in [0.29, 0.717) is 0 Å². The number of carbonyl (C=O) groups excluding carboxylic acids is 2. The van der Waals surface area contributed by atoms with Crippen molar-refractivity contribution in [3.05, 3.63) is 0 Å². The van der Waals surface area contributed by atoms with Crippen LogP contribution < -0.4 is 10.6 Å². The monoisotopic (exact) mass is 321 g/mol. The first-order valence-corrected chi connectivity index (χ1v) is 9.55. The first-order valence-electron chi connectivity index (χ1n) is 9.55. The first kappa shape index (κ1) is 16.7. The number of carbonyl (C=O) groups is 2. The summed E-state index contributed by atoms with van der Waals surface area (Å²) in [7, 11) is 0. The molecule has 2 aliphatic heterocycles. The van der Waals surface area contributed by atoms with Gasteiger partial charge in [-0.1, -0.05) is 12.8 Å². The standard InChI is InChI=1S/C18H31N3O2/c22-17(15-6-2-3-7-15)20-16(14-8-10-19-11-9-14)18(23)21-12-4-1-5-13-21/h14-16,19H,1-13H2,(H,20,22). The van der Waals surface area contributed by atoms with Gasteiger partial charge in [-0.2, -0.15) is 0 Å². The molecular formula is C18H31N3O2. The Morgan fingerprint density at radius 2 is 1.57 bits per heavy atom. The lowest BCUT2D eigenvalue weighted by Crippen LogP contribution is -2.55. The third kappa shape index (κ3) is 4.25. The van der Waals surface area contributed by atoms with Gasteiger partial charge in [-0.3, -0.25) is 9.59 Å². The molecule has 1 saturated carbocycles. The number of hydrogen-bond acceptors (Lipinski definition) is 3. The predicted molar refractivity (Wildman–Crippen MR) is 89.9 cm³/mol. The Labute approximate surface area is 139 Å². The molecule has 23 heavy (non-hydrogen) atoms. The van der Waals surface area contributed by atoms with Crippen LogP contribution in [0.2, 0.25) is 0 Å². The highest BCUT2D eigenvalue weighted by atomic mass is 16.2. The second kappa shape index (κ2) is 8.13. The molecule has 5 heteroatoms. The molecule has 1 unspecified atom stereocenters. The lowest BCUT2D eigenvalue weighted by molar-refractivity contribution is -0.140. The van der Waals surface area contributed by atoms with E-state index in [1.54, 1.807) is 0 Å². The van der Waals surface area contributed by atoms with E-state index in [2.05, 4.69) is 10.6 Å². The Kier molecular flexibility index (Phi) is 5.92. The molecular weight excluding hydrogens is 290 g/mol. The molecule has 0 radical (unpaired) electrons. The van der Waals surface area contributed by atoms with Gasteiger partial charge in [0, 0.05) is 19.0 Å². The average molecular weight is 321 g/mol. The van der Waals surface area contributed by atoms with E-state index >= 15 is 0 Å². The number of rotatable bonds is 4. The summed E-state index contributed by atoms with van der Waals surface area (Å²) in [6.07, 6.45) is 9.65. The van der Waals surface area contributed by atoms with Crippen LogP contribution in [-0.2, 0) is 9.59 Å². The van der Waals surface area contributed by atoms with E-state index in [0.717, 1.165) is 77.5 Å². The number of nitrogens with one attached hydrogen (secondary N) is 2. The maximum Gasteiger partial charge on any atom is 0.245 e. The van der Waals surface area contributed by atoms with Crippen molar-refractivity contribution in [3.63, 3.8) is 0 Å². The van der Waals surface area contributed by atoms with E-state index < -0.39 is 0 Å². The SMILES string of the molecule is O=C(NC(C(=O)N1CCCCC1)C1CCNCC1)C1CCCC1. The Bertz CT molecular complexity index is 408. The van der Waals surface area contributed by atoms with Crippen molar-refractivity contribution >= 4 is 11.8 Å². The van der Waals surface area contributed by atoms with E-state index in [4.69, 9.17) is 0 Å². The van der Waals surface area contributed by atoms with Gasteiger partial charge in [-0.25, -0.2) is 0 Å². The second-order valence-corrected chi connectivity index (χ2v) is 7.44. The van der Waals surface area contributed by atoms with Crippen LogP contribution in [0.5, 0.6) is 0 Å². The minimum absolute atomic E-state index is 0.122. The lowest BCUT2D eigenvalue weighted by atomic mass is 9.88. The van der Waals surface area contributed by atoms with Gasteiger partial charge >= 0.3 is 0 Å². The molecule has 1 atom stereocenters. The zero-order valence-corrected chi connectivity index (χ0v) is 14.2. The fourth-order valence-electron chi connectivity index (χ4n) is 4.33. The van der Waals surface area contributed by atoms with Crippen LogP contribution in [0.25, 0.3) is 0 Å². The molecule has 1 aliphatic carbocycles. The van der Waals surface area contributed by atoms with Crippen LogP contribution in [0, 0.1) is 11.8 Å². The number of piperidine rings is 2. The number of likely N-dealkylation sites (tertiary alicyclic amines) is 1. The van der Waals surface area contributed by atoms with Crippen molar-refractivity contribution in [3.8, 4) is 0 Å². The predicted octanol–water partition coefficient (Wildman–Crippen LogP) is 1.67.